The van der Waals surface area contributed by atoms with Gasteiger partial charge in [0.2, 0.25) is 0 Å². The van der Waals surface area contributed by atoms with E-state index in [1.165, 1.54) is 0 Å². The summed E-state index contributed by atoms with van der Waals surface area (Å²) in [7, 11) is 1.99. The molecular formula is C16H13N5. The van der Waals surface area contributed by atoms with Gasteiger partial charge in [0.05, 0.1) is 23.0 Å². The molecule has 4 rings (SSSR count). The van der Waals surface area contributed by atoms with Gasteiger partial charge in [-0.15, -0.1) is 0 Å². The predicted octanol–water partition coefficient (Wildman–Crippen LogP) is 2.82. The standard InChI is InChI=1S/C16H13N5/c1-20-11-18-15-13(8-5-9-14(15)20)16-17-10-19-21(16)12-6-3-2-4-7-12/h2-11H,1H3. The fourth-order valence-electron chi connectivity index (χ4n) is 2.52. The molecule has 0 bridgehead atoms. The van der Waals surface area contributed by atoms with Crippen molar-refractivity contribution in [2.24, 2.45) is 7.05 Å². The summed E-state index contributed by atoms with van der Waals surface area (Å²) >= 11 is 0. The van der Waals surface area contributed by atoms with E-state index in [1.807, 2.05) is 65.1 Å². The number of fused-ring (bicyclic) bond motifs is 1. The molecule has 2 aromatic carbocycles. The summed E-state index contributed by atoms with van der Waals surface area (Å²) in [5, 5.41) is 4.35. The summed E-state index contributed by atoms with van der Waals surface area (Å²) in [5.41, 5.74) is 3.98. The molecule has 0 aliphatic carbocycles. The SMILES string of the molecule is Cn1cnc2c(-c3ncnn3-c3ccccc3)cccc21. The van der Waals surface area contributed by atoms with Gasteiger partial charge < -0.3 is 4.57 Å². The number of hydrogen-bond donors (Lipinski definition) is 0. The highest BCUT2D eigenvalue weighted by atomic mass is 15.3. The predicted molar refractivity (Wildman–Crippen MR) is 81.1 cm³/mol. The maximum Gasteiger partial charge on any atom is 0.165 e. The minimum atomic E-state index is 0.797. The number of benzene rings is 2. The minimum absolute atomic E-state index is 0.797. The molecule has 21 heavy (non-hydrogen) atoms. The van der Waals surface area contributed by atoms with Crippen LogP contribution in [-0.4, -0.2) is 24.3 Å². The molecule has 5 nitrogen and oxygen atoms in total. The lowest BCUT2D eigenvalue weighted by molar-refractivity contribution is 0.888. The van der Waals surface area contributed by atoms with Crippen molar-refractivity contribution in [2.75, 3.05) is 0 Å². The first-order valence-corrected chi connectivity index (χ1v) is 6.70. The van der Waals surface area contributed by atoms with Crippen LogP contribution < -0.4 is 0 Å². The van der Waals surface area contributed by atoms with Gasteiger partial charge in [0.15, 0.2) is 5.82 Å². The molecule has 0 radical (unpaired) electrons. The second-order valence-corrected chi connectivity index (χ2v) is 4.86. The molecule has 102 valence electrons. The van der Waals surface area contributed by atoms with Crippen molar-refractivity contribution in [3.05, 3.63) is 61.2 Å². The molecule has 0 spiro atoms. The van der Waals surface area contributed by atoms with Crippen molar-refractivity contribution >= 4 is 11.0 Å². The Hall–Kier alpha value is -2.95. The number of nitrogens with zero attached hydrogens (tertiary/aromatic N) is 5. The van der Waals surface area contributed by atoms with Crippen LogP contribution in [0.3, 0.4) is 0 Å². The molecular weight excluding hydrogens is 262 g/mol. The molecule has 0 aliphatic heterocycles. The van der Waals surface area contributed by atoms with Gasteiger partial charge in [-0.05, 0) is 24.3 Å². The Bertz CT molecular complexity index is 905. The third-order valence-corrected chi connectivity index (χ3v) is 3.54. The number of rotatable bonds is 2. The van der Waals surface area contributed by atoms with Gasteiger partial charge in [0.25, 0.3) is 0 Å². The molecule has 0 atom stereocenters. The van der Waals surface area contributed by atoms with Crippen LogP contribution in [0, 0.1) is 0 Å². The highest BCUT2D eigenvalue weighted by Crippen LogP contribution is 2.27. The third kappa shape index (κ3) is 1.82. The molecule has 4 aromatic rings. The second kappa shape index (κ2) is 4.56. The molecule has 5 heteroatoms. The van der Waals surface area contributed by atoms with Crippen LogP contribution in [0.25, 0.3) is 28.1 Å². The maximum atomic E-state index is 4.49. The van der Waals surface area contributed by atoms with Crippen molar-refractivity contribution in [3.63, 3.8) is 0 Å². The fourth-order valence-corrected chi connectivity index (χ4v) is 2.52. The van der Waals surface area contributed by atoms with Crippen molar-refractivity contribution in [3.8, 4) is 17.1 Å². The van der Waals surface area contributed by atoms with E-state index in [1.54, 1.807) is 6.33 Å². The lowest BCUT2D eigenvalue weighted by Gasteiger charge is -2.06. The van der Waals surface area contributed by atoms with Crippen LogP contribution >= 0.6 is 0 Å². The molecule has 0 N–H and O–H groups in total. The first kappa shape index (κ1) is 11.8. The average Bonchev–Trinajstić information content (AvgIpc) is 3.15. The Kier molecular flexibility index (Phi) is 2.57. The molecule has 0 fully saturated rings. The van der Waals surface area contributed by atoms with Gasteiger partial charge in [0.1, 0.15) is 6.33 Å². The Labute approximate surface area is 121 Å². The quantitative estimate of drug-likeness (QED) is 0.565. The molecule has 2 aromatic heterocycles. The van der Waals surface area contributed by atoms with Gasteiger partial charge in [0, 0.05) is 12.6 Å². The topological polar surface area (TPSA) is 48.5 Å². The number of aromatic nitrogens is 5. The molecule has 0 amide bonds. The summed E-state index contributed by atoms with van der Waals surface area (Å²) in [6, 6.07) is 16.1. The van der Waals surface area contributed by atoms with Gasteiger partial charge >= 0.3 is 0 Å². The second-order valence-electron chi connectivity index (χ2n) is 4.86. The van der Waals surface area contributed by atoms with E-state index in [2.05, 4.69) is 21.1 Å². The summed E-state index contributed by atoms with van der Waals surface area (Å²) in [5.74, 6) is 0.797. The van der Waals surface area contributed by atoms with E-state index in [0.717, 1.165) is 28.1 Å². The number of aryl methyl sites for hydroxylation is 1. The first-order chi connectivity index (χ1) is 10.3. The zero-order valence-electron chi connectivity index (χ0n) is 11.5. The molecule has 2 heterocycles. The fraction of sp³-hybridized carbons (Fsp3) is 0.0625. The van der Waals surface area contributed by atoms with Crippen molar-refractivity contribution in [2.45, 2.75) is 0 Å². The Morgan fingerprint density at radius 2 is 1.76 bits per heavy atom. The van der Waals surface area contributed by atoms with Crippen LogP contribution in [0.4, 0.5) is 0 Å². The van der Waals surface area contributed by atoms with E-state index in [4.69, 9.17) is 0 Å². The van der Waals surface area contributed by atoms with Crippen LogP contribution in [0.2, 0.25) is 0 Å². The highest BCUT2D eigenvalue weighted by molar-refractivity contribution is 5.90. The lowest BCUT2D eigenvalue weighted by Crippen LogP contribution is -1.99. The summed E-state index contributed by atoms with van der Waals surface area (Å²) < 4.78 is 3.84. The minimum Gasteiger partial charge on any atom is -0.334 e. The summed E-state index contributed by atoms with van der Waals surface area (Å²) in [6.45, 7) is 0. The number of hydrogen-bond acceptors (Lipinski definition) is 3. The Morgan fingerprint density at radius 3 is 2.62 bits per heavy atom. The van der Waals surface area contributed by atoms with Crippen LogP contribution in [0.1, 0.15) is 0 Å². The van der Waals surface area contributed by atoms with Gasteiger partial charge in [-0.1, -0.05) is 24.3 Å². The lowest BCUT2D eigenvalue weighted by atomic mass is 10.1. The number of imidazole rings is 1. The average molecular weight is 275 g/mol. The zero-order chi connectivity index (χ0) is 14.2. The van der Waals surface area contributed by atoms with Crippen LogP contribution in [-0.2, 0) is 7.05 Å². The Balaban J connectivity index is 1.97. The zero-order valence-corrected chi connectivity index (χ0v) is 11.5. The summed E-state index contributed by atoms with van der Waals surface area (Å²) in [4.78, 5) is 8.92. The van der Waals surface area contributed by atoms with E-state index in [-0.39, 0.29) is 0 Å². The van der Waals surface area contributed by atoms with Crippen molar-refractivity contribution < 1.29 is 0 Å². The smallest absolute Gasteiger partial charge is 0.165 e. The van der Waals surface area contributed by atoms with E-state index < -0.39 is 0 Å². The maximum absolute atomic E-state index is 4.49. The largest absolute Gasteiger partial charge is 0.334 e. The highest BCUT2D eigenvalue weighted by Gasteiger charge is 2.14. The number of para-hydroxylation sites is 2. The third-order valence-electron chi connectivity index (χ3n) is 3.54. The molecule has 0 unspecified atom stereocenters. The van der Waals surface area contributed by atoms with E-state index >= 15 is 0 Å². The van der Waals surface area contributed by atoms with Crippen LogP contribution in [0.15, 0.2) is 61.2 Å². The molecule has 0 saturated carbocycles. The van der Waals surface area contributed by atoms with Crippen LogP contribution in [0.5, 0.6) is 0 Å². The first-order valence-electron chi connectivity index (χ1n) is 6.70. The van der Waals surface area contributed by atoms with Gasteiger partial charge in [-0.3, -0.25) is 0 Å². The van der Waals surface area contributed by atoms with E-state index in [9.17, 15) is 0 Å². The Morgan fingerprint density at radius 1 is 0.905 bits per heavy atom. The normalized spacial score (nSPS) is 11.1. The summed E-state index contributed by atoms with van der Waals surface area (Å²) in [6.07, 6.45) is 3.39. The van der Waals surface area contributed by atoms with Crippen molar-refractivity contribution in [1.29, 1.82) is 0 Å². The van der Waals surface area contributed by atoms with Gasteiger partial charge in [-0.25, -0.2) is 14.6 Å². The molecule has 0 aliphatic rings. The van der Waals surface area contributed by atoms with E-state index in [0.29, 0.717) is 0 Å². The monoisotopic (exact) mass is 275 g/mol. The van der Waals surface area contributed by atoms with Gasteiger partial charge in [-0.2, -0.15) is 5.10 Å². The van der Waals surface area contributed by atoms with Crippen molar-refractivity contribution in [1.82, 2.24) is 24.3 Å². The molecule has 0 saturated heterocycles.